The number of anilines is 1. The van der Waals surface area contributed by atoms with E-state index in [4.69, 9.17) is 0 Å². The lowest BCUT2D eigenvalue weighted by molar-refractivity contribution is 0.0740. The van der Waals surface area contributed by atoms with E-state index in [1.165, 1.54) is 0 Å². The van der Waals surface area contributed by atoms with Crippen molar-refractivity contribution < 1.29 is 5.11 Å². The van der Waals surface area contributed by atoms with Gasteiger partial charge in [-0.05, 0) is 33.0 Å². The molecule has 4 nitrogen and oxygen atoms in total. The molecule has 0 aromatic carbocycles. The number of aromatic nitrogens is 1. The highest BCUT2D eigenvalue weighted by Gasteiger charge is 2.17. The van der Waals surface area contributed by atoms with Crippen LogP contribution >= 0.6 is 0 Å². The van der Waals surface area contributed by atoms with Crippen LogP contribution in [0.25, 0.3) is 0 Å². The Kier molecular flexibility index (Phi) is 4.05. The Morgan fingerprint density at radius 1 is 1.33 bits per heavy atom. The van der Waals surface area contributed by atoms with Crippen LogP contribution in [0, 0.1) is 0 Å². The van der Waals surface area contributed by atoms with E-state index in [0.717, 1.165) is 18.9 Å². The molecule has 0 radical (unpaired) electrons. The van der Waals surface area contributed by atoms with Crippen LogP contribution in [0.5, 0.6) is 0 Å². The van der Waals surface area contributed by atoms with Crippen molar-refractivity contribution in [1.29, 1.82) is 0 Å². The van der Waals surface area contributed by atoms with Crippen LogP contribution in [0.15, 0.2) is 18.2 Å². The molecule has 3 N–H and O–H groups in total. The van der Waals surface area contributed by atoms with Gasteiger partial charge in [-0.3, -0.25) is 0 Å². The maximum absolute atomic E-state index is 9.78. The molecule has 0 unspecified atom stereocenters. The maximum Gasteiger partial charge on any atom is 0.126 e. The SMILES string of the molecule is CNCCNc1cccc(C(C)(C)O)n1. The van der Waals surface area contributed by atoms with Crippen molar-refractivity contribution in [1.82, 2.24) is 10.3 Å². The Hall–Kier alpha value is -1.13. The van der Waals surface area contributed by atoms with E-state index in [2.05, 4.69) is 15.6 Å². The van der Waals surface area contributed by atoms with Crippen LogP contribution in [-0.2, 0) is 5.60 Å². The summed E-state index contributed by atoms with van der Waals surface area (Å²) < 4.78 is 0. The van der Waals surface area contributed by atoms with Gasteiger partial charge < -0.3 is 15.7 Å². The third-order valence-corrected chi connectivity index (χ3v) is 2.06. The minimum absolute atomic E-state index is 0.678. The normalized spacial score (nSPS) is 11.5. The molecule has 0 bridgehead atoms. The minimum atomic E-state index is -0.888. The number of aliphatic hydroxyl groups is 1. The molecule has 0 aliphatic carbocycles. The van der Waals surface area contributed by atoms with Crippen LogP contribution in [0.3, 0.4) is 0 Å². The second-order valence-electron chi connectivity index (χ2n) is 4.00. The summed E-state index contributed by atoms with van der Waals surface area (Å²) in [7, 11) is 1.91. The van der Waals surface area contributed by atoms with E-state index in [9.17, 15) is 5.11 Å². The Morgan fingerprint density at radius 3 is 2.67 bits per heavy atom. The fraction of sp³-hybridized carbons (Fsp3) is 0.545. The van der Waals surface area contributed by atoms with E-state index in [-0.39, 0.29) is 0 Å². The quantitative estimate of drug-likeness (QED) is 0.632. The second kappa shape index (κ2) is 5.09. The molecule has 0 spiro atoms. The average molecular weight is 209 g/mol. The molecule has 0 saturated carbocycles. The third kappa shape index (κ3) is 3.85. The van der Waals surface area contributed by atoms with Gasteiger partial charge in [0.25, 0.3) is 0 Å². The van der Waals surface area contributed by atoms with Crippen molar-refractivity contribution in [3.63, 3.8) is 0 Å². The number of nitrogens with zero attached hydrogens (tertiary/aromatic N) is 1. The zero-order valence-corrected chi connectivity index (χ0v) is 9.54. The fourth-order valence-corrected chi connectivity index (χ4v) is 1.19. The van der Waals surface area contributed by atoms with Gasteiger partial charge in [-0.15, -0.1) is 0 Å². The minimum Gasteiger partial charge on any atom is -0.384 e. The molecule has 15 heavy (non-hydrogen) atoms. The summed E-state index contributed by atoms with van der Waals surface area (Å²) in [4.78, 5) is 4.33. The lowest BCUT2D eigenvalue weighted by Gasteiger charge is -2.17. The van der Waals surface area contributed by atoms with Gasteiger partial charge in [0, 0.05) is 13.1 Å². The average Bonchev–Trinajstić information content (AvgIpc) is 2.17. The molecule has 0 atom stereocenters. The maximum atomic E-state index is 9.78. The van der Waals surface area contributed by atoms with Gasteiger partial charge in [0.15, 0.2) is 0 Å². The highest BCUT2D eigenvalue weighted by atomic mass is 16.3. The van der Waals surface area contributed by atoms with Crippen molar-refractivity contribution in [2.75, 3.05) is 25.5 Å². The van der Waals surface area contributed by atoms with Gasteiger partial charge in [-0.25, -0.2) is 4.98 Å². The lowest BCUT2D eigenvalue weighted by atomic mass is 10.1. The smallest absolute Gasteiger partial charge is 0.126 e. The highest BCUT2D eigenvalue weighted by Crippen LogP contribution is 2.18. The molecular formula is C11H19N3O. The summed E-state index contributed by atoms with van der Waals surface area (Å²) in [6.45, 7) is 5.16. The van der Waals surface area contributed by atoms with Crippen molar-refractivity contribution in [2.45, 2.75) is 19.4 Å². The molecule has 0 aliphatic heterocycles. The number of pyridine rings is 1. The van der Waals surface area contributed by atoms with E-state index in [1.807, 2.05) is 25.2 Å². The number of hydrogen-bond acceptors (Lipinski definition) is 4. The largest absolute Gasteiger partial charge is 0.384 e. The first kappa shape index (κ1) is 11.9. The molecule has 0 amide bonds. The molecule has 1 heterocycles. The van der Waals surface area contributed by atoms with Gasteiger partial charge in [0.2, 0.25) is 0 Å². The Labute approximate surface area is 90.7 Å². The molecule has 1 aromatic heterocycles. The van der Waals surface area contributed by atoms with Crippen molar-refractivity contribution >= 4 is 5.82 Å². The fourth-order valence-electron chi connectivity index (χ4n) is 1.19. The standard InChI is InChI=1S/C11H19N3O/c1-11(2,15)9-5-4-6-10(14-9)13-8-7-12-3/h4-6,12,15H,7-8H2,1-3H3,(H,13,14). The first-order chi connectivity index (χ1) is 7.04. The van der Waals surface area contributed by atoms with E-state index in [0.29, 0.717) is 5.69 Å². The van der Waals surface area contributed by atoms with Gasteiger partial charge >= 0.3 is 0 Å². The zero-order valence-electron chi connectivity index (χ0n) is 9.54. The molecule has 84 valence electrons. The number of nitrogens with one attached hydrogen (secondary N) is 2. The third-order valence-electron chi connectivity index (χ3n) is 2.06. The van der Waals surface area contributed by atoms with E-state index < -0.39 is 5.60 Å². The first-order valence-electron chi connectivity index (χ1n) is 5.12. The predicted octanol–water partition coefficient (Wildman–Crippen LogP) is 0.940. The Morgan fingerprint density at radius 2 is 2.07 bits per heavy atom. The molecule has 0 fully saturated rings. The molecule has 0 aliphatic rings. The first-order valence-corrected chi connectivity index (χ1v) is 5.12. The van der Waals surface area contributed by atoms with Gasteiger partial charge in [-0.2, -0.15) is 0 Å². The predicted molar refractivity (Wildman–Crippen MR) is 61.9 cm³/mol. The highest BCUT2D eigenvalue weighted by molar-refractivity contribution is 5.36. The Bertz CT molecular complexity index is 307. The van der Waals surface area contributed by atoms with Crippen LogP contribution in [0.1, 0.15) is 19.5 Å². The Balaban J connectivity index is 2.66. The second-order valence-corrected chi connectivity index (χ2v) is 4.00. The van der Waals surface area contributed by atoms with E-state index >= 15 is 0 Å². The number of hydrogen-bond donors (Lipinski definition) is 3. The van der Waals surface area contributed by atoms with Crippen molar-refractivity contribution in [3.8, 4) is 0 Å². The van der Waals surface area contributed by atoms with Gasteiger partial charge in [0.05, 0.1) is 5.69 Å². The van der Waals surface area contributed by atoms with Crippen molar-refractivity contribution in [3.05, 3.63) is 23.9 Å². The summed E-state index contributed by atoms with van der Waals surface area (Å²) in [5.41, 5.74) is -0.210. The lowest BCUT2D eigenvalue weighted by Crippen LogP contribution is -2.20. The monoisotopic (exact) mass is 209 g/mol. The van der Waals surface area contributed by atoms with Gasteiger partial charge in [-0.1, -0.05) is 6.07 Å². The van der Waals surface area contributed by atoms with Crippen LogP contribution in [0.2, 0.25) is 0 Å². The number of likely N-dealkylation sites (N-methyl/N-ethyl adjacent to an activating group) is 1. The van der Waals surface area contributed by atoms with Crippen LogP contribution in [-0.4, -0.2) is 30.2 Å². The summed E-state index contributed by atoms with van der Waals surface area (Å²) >= 11 is 0. The molecule has 1 aromatic rings. The van der Waals surface area contributed by atoms with Crippen molar-refractivity contribution in [2.24, 2.45) is 0 Å². The van der Waals surface area contributed by atoms with Crippen LogP contribution in [0.4, 0.5) is 5.82 Å². The molecule has 1 rings (SSSR count). The summed E-state index contributed by atoms with van der Waals surface area (Å²) in [6.07, 6.45) is 0. The van der Waals surface area contributed by atoms with Gasteiger partial charge in [0.1, 0.15) is 11.4 Å². The number of rotatable bonds is 5. The zero-order chi connectivity index (χ0) is 11.3. The molecule has 0 saturated heterocycles. The van der Waals surface area contributed by atoms with Crippen LogP contribution < -0.4 is 10.6 Å². The topological polar surface area (TPSA) is 57.2 Å². The molecular weight excluding hydrogens is 190 g/mol. The molecule has 4 heteroatoms. The summed E-state index contributed by atoms with van der Waals surface area (Å²) in [5.74, 6) is 0.796. The summed E-state index contributed by atoms with van der Waals surface area (Å²) in [6, 6.07) is 5.61. The summed E-state index contributed by atoms with van der Waals surface area (Å²) in [5, 5.41) is 16.0. The van der Waals surface area contributed by atoms with E-state index in [1.54, 1.807) is 13.8 Å².